The van der Waals surface area contributed by atoms with Crippen molar-refractivity contribution in [2.75, 3.05) is 11.9 Å². The van der Waals surface area contributed by atoms with Gasteiger partial charge in [0.05, 0.1) is 17.9 Å². The third kappa shape index (κ3) is 3.98. The minimum Gasteiger partial charge on any atom is -0.462 e. The standard InChI is InChI=1S/C15H18N4O2/c1-4-21-14(20)13-9-18-15(19-11(13)3)17-8-12-6-5-10(2)16-7-12/h5-7,9H,4,8H2,1-3H3,(H,17,18,19). The van der Waals surface area contributed by atoms with E-state index in [1.807, 2.05) is 25.3 Å². The van der Waals surface area contributed by atoms with Crippen molar-refractivity contribution < 1.29 is 9.53 Å². The topological polar surface area (TPSA) is 77.0 Å². The second kappa shape index (κ2) is 6.78. The number of ether oxygens (including phenoxy) is 1. The van der Waals surface area contributed by atoms with Crippen LogP contribution in [-0.4, -0.2) is 27.5 Å². The smallest absolute Gasteiger partial charge is 0.341 e. The zero-order valence-corrected chi connectivity index (χ0v) is 12.4. The van der Waals surface area contributed by atoms with Gasteiger partial charge in [-0.15, -0.1) is 0 Å². The predicted octanol–water partition coefficient (Wildman–Crippen LogP) is 2.28. The predicted molar refractivity (Wildman–Crippen MR) is 79.0 cm³/mol. The van der Waals surface area contributed by atoms with Gasteiger partial charge in [0.25, 0.3) is 0 Å². The maximum atomic E-state index is 11.7. The Morgan fingerprint density at radius 3 is 2.67 bits per heavy atom. The van der Waals surface area contributed by atoms with E-state index in [-0.39, 0.29) is 0 Å². The molecule has 0 bridgehead atoms. The molecule has 0 aliphatic heterocycles. The molecular formula is C15H18N4O2. The fraction of sp³-hybridized carbons (Fsp3) is 0.333. The molecule has 0 unspecified atom stereocenters. The van der Waals surface area contributed by atoms with Gasteiger partial charge < -0.3 is 10.1 Å². The van der Waals surface area contributed by atoms with Crippen molar-refractivity contribution in [3.05, 3.63) is 47.0 Å². The summed E-state index contributed by atoms with van der Waals surface area (Å²) in [7, 11) is 0. The lowest BCUT2D eigenvalue weighted by molar-refractivity contribution is 0.0524. The van der Waals surface area contributed by atoms with Gasteiger partial charge >= 0.3 is 5.97 Å². The number of nitrogens with zero attached hydrogens (tertiary/aromatic N) is 3. The number of carbonyl (C=O) groups excluding carboxylic acids is 1. The summed E-state index contributed by atoms with van der Waals surface area (Å²) in [5, 5.41) is 3.11. The first-order valence-corrected chi connectivity index (χ1v) is 6.76. The highest BCUT2D eigenvalue weighted by molar-refractivity contribution is 5.90. The summed E-state index contributed by atoms with van der Waals surface area (Å²) in [6, 6.07) is 3.95. The molecular weight excluding hydrogens is 268 g/mol. The average molecular weight is 286 g/mol. The van der Waals surface area contributed by atoms with Gasteiger partial charge in [0.15, 0.2) is 0 Å². The normalized spacial score (nSPS) is 10.2. The van der Waals surface area contributed by atoms with Gasteiger partial charge in [0.1, 0.15) is 0 Å². The fourth-order valence-electron chi connectivity index (χ4n) is 1.75. The van der Waals surface area contributed by atoms with Crippen LogP contribution >= 0.6 is 0 Å². The van der Waals surface area contributed by atoms with Crippen LogP contribution in [0.3, 0.4) is 0 Å². The van der Waals surface area contributed by atoms with Crippen molar-refractivity contribution in [1.82, 2.24) is 15.0 Å². The molecule has 2 aromatic rings. The molecule has 6 nitrogen and oxygen atoms in total. The van der Waals surface area contributed by atoms with Gasteiger partial charge in [-0.05, 0) is 32.4 Å². The van der Waals surface area contributed by atoms with E-state index in [4.69, 9.17) is 4.74 Å². The van der Waals surface area contributed by atoms with Gasteiger partial charge in [-0.25, -0.2) is 14.8 Å². The third-order valence-corrected chi connectivity index (χ3v) is 2.90. The quantitative estimate of drug-likeness (QED) is 0.850. The van der Waals surface area contributed by atoms with Crippen molar-refractivity contribution in [3.63, 3.8) is 0 Å². The SMILES string of the molecule is CCOC(=O)c1cnc(NCc2ccc(C)nc2)nc1C. The highest BCUT2D eigenvalue weighted by Crippen LogP contribution is 2.10. The summed E-state index contributed by atoms with van der Waals surface area (Å²) in [6.45, 7) is 6.37. The molecule has 0 aliphatic carbocycles. The maximum absolute atomic E-state index is 11.7. The average Bonchev–Trinajstić information content (AvgIpc) is 2.47. The number of hydrogen-bond donors (Lipinski definition) is 1. The van der Waals surface area contributed by atoms with E-state index < -0.39 is 5.97 Å². The Hall–Kier alpha value is -2.50. The molecule has 6 heteroatoms. The van der Waals surface area contributed by atoms with Crippen LogP contribution in [0.5, 0.6) is 0 Å². The van der Waals surface area contributed by atoms with E-state index in [0.29, 0.717) is 30.4 Å². The largest absolute Gasteiger partial charge is 0.462 e. The van der Waals surface area contributed by atoms with Crippen LogP contribution in [0.1, 0.15) is 34.2 Å². The molecule has 0 aliphatic rings. The van der Waals surface area contributed by atoms with Crippen molar-refractivity contribution in [3.8, 4) is 0 Å². The highest BCUT2D eigenvalue weighted by Gasteiger charge is 2.12. The van der Waals surface area contributed by atoms with Crippen molar-refractivity contribution in [2.45, 2.75) is 27.3 Å². The molecule has 0 aromatic carbocycles. The van der Waals surface area contributed by atoms with Gasteiger partial charge in [-0.2, -0.15) is 0 Å². The molecule has 2 heterocycles. The Morgan fingerprint density at radius 1 is 1.24 bits per heavy atom. The Kier molecular flexibility index (Phi) is 4.81. The molecule has 0 amide bonds. The molecule has 110 valence electrons. The monoisotopic (exact) mass is 286 g/mol. The fourth-order valence-corrected chi connectivity index (χ4v) is 1.75. The summed E-state index contributed by atoms with van der Waals surface area (Å²) in [6.07, 6.45) is 3.29. The summed E-state index contributed by atoms with van der Waals surface area (Å²) in [5.74, 6) is 0.0745. The first kappa shape index (κ1) is 14.9. The zero-order valence-electron chi connectivity index (χ0n) is 12.4. The van der Waals surface area contributed by atoms with E-state index in [0.717, 1.165) is 11.3 Å². The van der Waals surface area contributed by atoms with Gasteiger partial charge in [-0.1, -0.05) is 6.07 Å². The Bertz CT molecular complexity index is 626. The molecule has 0 saturated carbocycles. The molecule has 0 radical (unpaired) electrons. The summed E-state index contributed by atoms with van der Waals surface area (Å²) >= 11 is 0. The molecule has 2 aromatic heterocycles. The first-order chi connectivity index (χ1) is 10.1. The second-order valence-electron chi connectivity index (χ2n) is 4.57. The van der Waals surface area contributed by atoms with Gasteiger partial charge in [0.2, 0.25) is 5.95 Å². The number of anilines is 1. The Balaban J connectivity index is 2.03. The maximum Gasteiger partial charge on any atom is 0.341 e. The van der Waals surface area contributed by atoms with E-state index in [1.54, 1.807) is 13.8 Å². The number of aryl methyl sites for hydroxylation is 2. The van der Waals surface area contributed by atoms with E-state index in [2.05, 4.69) is 20.3 Å². The number of rotatable bonds is 5. The van der Waals surface area contributed by atoms with Crippen molar-refractivity contribution in [1.29, 1.82) is 0 Å². The summed E-state index contributed by atoms with van der Waals surface area (Å²) in [5.41, 5.74) is 2.99. The van der Waals surface area contributed by atoms with Crippen LogP contribution in [0.25, 0.3) is 0 Å². The second-order valence-corrected chi connectivity index (χ2v) is 4.57. The lowest BCUT2D eigenvalue weighted by atomic mass is 10.2. The molecule has 1 N–H and O–H groups in total. The number of carbonyl (C=O) groups is 1. The van der Waals surface area contributed by atoms with Crippen LogP contribution in [0.2, 0.25) is 0 Å². The number of aromatic nitrogens is 3. The van der Waals surface area contributed by atoms with Crippen LogP contribution in [0, 0.1) is 13.8 Å². The molecule has 21 heavy (non-hydrogen) atoms. The van der Waals surface area contributed by atoms with Gasteiger partial charge in [-0.3, -0.25) is 4.98 Å². The van der Waals surface area contributed by atoms with E-state index in [1.165, 1.54) is 6.20 Å². The molecule has 0 atom stereocenters. The van der Waals surface area contributed by atoms with E-state index >= 15 is 0 Å². The number of esters is 1. The lowest BCUT2D eigenvalue weighted by Gasteiger charge is -2.08. The van der Waals surface area contributed by atoms with Crippen LogP contribution in [0.15, 0.2) is 24.5 Å². The first-order valence-electron chi connectivity index (χ1n) is 6.76. The zero-order chi connectivity index (χ0) is 15.2. The molecule has 0 spiro atoms. The summed E-state index contributed by atoms with van der Waals surface area (Å²) < 4.78 is 4.94. The van der Waals surface area contributed by atoms with Crippen LogP contribution in [-0.2, 0) is 11.3 Å². The molecule has 0 saturated heterocycles. The van der Waals surface area contributed by atoms with Gasteiger partial charge in [0, 0.05) is 24.6 Å². The minimum absolute atomic E-state index is 0.332. The number of hydrogen-bond acceptors (Lipinski definition) is 6. The Labute approximate surface area is 123 Å². The van der Waals surface area contributed by atoms with Crippen LogP contribution in [0.4, 0.5) is 5.95 Å². The number of nitrogens with one attached hydrogen (secondary N) is 1. The summed E-state index contributed by atoms with van der Waals surface area (Å²) in [4.78, 5) is 24.3. The van der Waals surface area contributed by atoms with E-state index in [9.17, 15) is 4.79 Å². The molecule has 2 rings (SSSR count). The van der Waals surface area contributed by atoms with Crippen LogP contribution < -0.4 is 5.32 Å². The lowest BCUT2D eigenvalue weighted by Crippen LogP contribution is -2.11. The Morgan fingerprint density at radius 2 is 2.05 bits per heavy atom. The minimum atomic E-state index is -0.399. The third-order valence-electron chi connectivity index (χ3n) is 2.90. The van der Waals surface area contributed by atoms with Crippen molar-refractivity contribution in [2.24, 2.45) is 0 Å². The van der Waals surface area contributed by atoms with Crippen molar-refractivity contribution >= 4 is 11.9 Å². The highest BCUT2D eigenvalue weighted by atomic mass is 16.5. The molecule has 0 fully saturated rings. The number of pyridine rings is 1.